The summed E-state index contributed by atoms with van der Waals surface area (Å²) in [5.41, 5.74) is 8.52. The Labute approximate surface area is 140 Å². The van der Waals surface area contributed by atoms with Gasteiger partial charge in [-0.2, -0.15) is 0 Å². The van der Waals surface area contributed by atoms with Crippen LogP contribution in [0.25, 0.3) is 5.57 Å². The fourth-order valence-electron chi connectivity index (χ4n) is 5.74. The van der Waals surface area contributed by atoms with Gasteiger partial charge in [0.2, 0.25) is 0 Å². The molecule has 2 saturated carbocycles. The second-order valence-electron chi connectivity index (χ2n) is 8.15. The van der Waals surface area contributed by atoms with Gasteiger partial charge in [-0.3, -0.25) is 0 Å². The van der Waals surface area contributed by atoms with Crippen LogP contribution in [0.15, 0.2) is 48.1 Å². The molecule has 118 valence electrons. The number of hydrogen-bond donors (Lipinski definition) is 0. The first-order valence-electron chi connectivity index (χ1n) is 9.54. The first-order chi connectivity index (χ1) is 11.3. The van der Waals surface area contributed by atoms with Crippen molar-refractivity contribution in [1.82, 2.24) is 0 Å². The van der Waals surface area contributed by atoms with Crippen LogP contribution in [0.1, 0.15) is 74.0 Å². The Bertz CT molecular complexity index is 722. The average molecular weight is 302 g/mol. The molecule has 1 aromatic rings. The molecule has 0 amide bonds. The Balaban J connectivity index is 1.52. The summed E-state index contributed by atoms with van der Waals surface area (Å²) >= 11 is 0. The first-order valence-corrected chi connectivity index (χ1v) is 9.54. The minimum Gasteiger partial charge on any atom is -0.0801 e. The van der Waals surface area contributed by atoms with Crippen molar-refractivity contribution in [2.45, 2.75) is 63.7 Å². The maximum absolute atomic E-state index is 2.47. The summed E-state index contributed by atoms with van der Waals surface area (Å²) in [6, 6.07) is 7.10. The van der Waals surface area contributed by atoms with E-state index in [-0.39, 0.29) is 0 Å². The topological polar surface area (TPSA) is 0 Å². The Morgan fingerprint density at radius 2 is 1.91 bits per heavy atom. The molecular formula is C23H26. The lowest BCUT2D eigenvalue weighted by Gasteiger charge is -2.24. The van der Waals surface area contributed by atoms with Crippen LogP contribution in [0, 0.1) is 5.41 Å². The summed E-state index contributed by atoms with van der Waals surface area (Å²) in [4.78, 5) is 0. The fourth-order valence-corrected chi connectivity index (χ4v) is 5.74. The van der Waals surface area contributed by atoms with E-state index in [4.69, 9.17) is 0 Å². The SMILES string of the molecule is C1=CC(C2=CCc3cccc(C4CCC5(CCCC5)C4)c32)=CC1. The van der Waals surface area contributed by atoms with Gasteiger partial charge in [0, 0.05) is 0 Å². The third-order valence-corrected chi connectivity index (χ3v) is 6.87. The molecule has 23 heavy (non-hydrogen) atoms. The third kappa shape index (κ3) is 2.18. The third-order valence-electron chi connectivity index (χ3n) is 6.87. The molecule has 4 aliphatic rings. The van der Waals surface area contributed by atoms with Gasteiger partial charge in [-0.25, -0.2) is 0 Å². The molecule has 1 unspecified atom stereocenters. The largest absolute Gasteiger partial charge is 0.0801 e. The normalized spacial score (nSPS) is 27.6. The van der Waals surface area contributed by atoms with Gasteiger partial charge < -0.3 is 0 Å². The summed E-state index contributed by atoms with van der Waals surface area (Å²) in [7, 11) is 0. The van der Waals surface area contributed by atoms with Crippen molar-refractivity contribution < 1.29 is 0 Å². The lowest BCUT2D eigenvalue weighted by Crippen LogP contribution is -2.11. The van der Waals surface area contributed by atoms with Crippen LogP contribution < -0.4 is 0 Å². The first kappa shape index (κ1) is 13.8. The molecular weight excluding hydrogens is 276 g/mol. The minimum absolute atomic E-state index is 0.711. The summed E-state index contributed by atoms with van der Waals surface area (Å²) < 4.78 is 0. The second kappa shape index (κ2) is 5.23. The Morgan fingerprint density at radius 1 is 1.00 bits per heavy atom. The van der Waals surface area contributed by atoms with Gasteiger partial charge in [0.15, 0.2) is 0 Å². The molecule has 0 radical (unpaired) electrons. The van der Waals surface area contributed by atoms with Crippen LogP contribution in [-0.4, -0.2) is 0 Å². The summed E-state index contributed by atoms with van der Waals surface area (Å²) in [5, 5.41) is 0. The molecule has 0 bridgehead atoms. The number of allylic oxidation sites excluding steroid dienone is 6. The van der Waals surface area contributed by atoms with E-state index in [1.807, 2.05) is 0 Å². The standard InChI is InChI=1S/C23H26/c1-2-7-17(6-1)21-11-10-18-8-5-9-20(22(18)21)19-12-15-23(16-19)13-3-4-14-23/h1,5-9,11,19H,2-4,10,12-16H2. The van der Waals surface area contributed by atoms with Crippen LogP contribution in [-0.2, 0) is 6.42 Å². The van der Waals surface area contributed by atoms with Crippen molar-refractivity contribution in [1.29, 1.82) is 0 Å². The number of benzene rings is 1. The molecule has 0 aromatic heterocycles. The average Bonchev–Trinajstić information content (AvgIpc) is 3.36. The molecule has 2 fully saturated rings. The van der Waals surface area contributed by atoms with Crippen LogP contribution in [0.5, 0.6) is 0 Å². The molecule has 0 nitrogen and oxygen atoms in total. The second-order valence-corrected chi connectivity index (χ2v) is 8.15. The molecule has 0 aliphatic heterocycles. The molecule has 1 atom stereocenters. The number of hydrogen-bond acceptors (Lipinski definition) is 0. The molecule has 0 heteroatoms. The smallest absolute Gasteiger partial charge is 0.00818 e. The highest BCUT2D eigenvalue weighted by Gasteiger charge is 2.42. The number of fused-ring (bicyclic) bond motifs is 1. The zero-order valence-electron chi connectivity index (χ0n) is 14.0. The van der Waals surface area contributed by atoms with E-state index < -0.39 is 0 Å². The van der Waals surface area contributed by atoms with Gasteiger partial charge >= 0.3 is 0 Å². The highest BCUT2D eigenvalue weighted by Crippen LogP contribution is 2.56. The van der Waals surface area contributed by atoms with E-state index in [9.17, 15) is 0 Å². The molecule has 1 aromatic carbocycles. The molecule has 1 spiro atoms. The van der Waals surface area contributed by atoms with E-state index in [0.29, 0.717) is 5.41 Å². The van der Waals surface area contributed by atoms with Gasteiger partial charge in [0.05, 0.1) is 0 Å². The summed E-state index contributed by atoms with van der Waals surface area (Å²) in [6.07, 6.45) is 22.0. The molecule has 4 aliphatic carbocycles. The van der Waals surface area contributed by atoms with E-state index >= 15 is 0 Å². The predicted octanol–water partition coefficient (Wildman–Crippen LogP) is 6.34. The monoisotopic (exact) mass is 302 g/mol. The van der Waals surface area contributed by atoms with Gasteiger partial charge in [-0.1, -0.05) is 55.3 Å². The Hall–Kier alpha value is -1.56. The van der Waals surface area contributed by atoms with Gasteiger partial charge in [-0.15, -0.1) is 0 Å². The van der Waals surface area contributed by atoms with Crippen molar-refractivity contribution in [3.8, 4) is 0 Å². The molecule has 0 N–H and O–H groups in total. The lowest BCUT2D eigenvalue weighted by atomic mass is 9.81. The Morgan fingerprint density at radius 3 is 2.74 bits per heavy atom. The van der Waals surface area contributed by atoms with E-state index in [2.05, 4.69) is 42.5 Å². The highest BCUT2D eigenvalue weighted by atomic mass is 14.5. The lowest BCUT2D eigenvalue weighted by molar-refractivity contribution is 0.304. The quantitative estimate of drug-likeness (QED) is 0.598. The van der Waals surface area contributed by atoms with Crippen LogP contribution in [0.4, 0.5) is 0 Å². The maximum atomic E-state index is 2.47. The van der Waals surface area contributed by atoms with Crippen molar-refractivity contribution in [3.63, 3.8) is 0 Å². The van der Waals surface area contributed by atoms with Crippen LogP contribution in [0.3, 0.4) is 0 Å². The van der Waals surface area contributed by atoms with Crippen molar-refractivity contribution in [3.05, 3.63) is 64.8 Å². The van der Waals surface area contributed by atoms with Crippen molar-refractivity contribution in [2.75, 3.05) is 0 Å². The van der Waals surface area contributed by atoms with Crippen LogP contribution in [0.2, 0.25) is 0 Å². The van der Waals surface area contributed by atoms with E-state index in [0.717, 1.165) is 18.8 Å². The summed E-state index contributed by atoms with van der Waals surface area (Å²) in [5.74, 6) is 0.801. The Kier molecular flexibility index (Phi) is 3.15. The number of rotatable bonds is 2. The molecule has 5 rings (SSSR count). The zero-order chi connectivity index (χ0) is 15.3. The van der Waals surface area contributed by atoms with Crippen LogP contribution >= 0.6 is 0 Å². The van der Waals surface area contributed by atoms with Gasteiger partial charge in [-0.05, 0) is 84.1 Å². The van der Waals surface area contributed by atoms with E-state index in [1.54, 1.807) is 16.7 Å². The molecule has 0 saturated heterocycles. The van der Waals surface area contributed by atoms with Crippen molar-refractivity contribution in [2.24, 2.45) is 5.41 Å². The van der Waals surface area contributed by atoms with Gasteiger partial charge in [0.1, 0.15) is 0 Å². The zero-order valence-corrected chi connectivity index (χ0v) is 14.0. The predicted molar refractivity (Wildman–Crippen MR) is 97.5 cm³/mol. The molecule has 0 heterocycles. The van der Waals surface area contributed by atoms with Crippen molar-refractivity contribution >= 4 is 5.57 Å². The minimum atomic E-state index is 0.711. The fraction of sp³-hybridized carbons (Fsp3) is 0.478. The highest BCUT2D eigenvalue weighted by molar-refractivity contribution is 5.88. The van der Waals surface area contributed by atoms with E-state index in [1.165, 1.54) is 56.1 Å². The maximum Gasteiger partial charge on any atom is -0.00818 e. The van der Waals surface area contributed by atoms with Gasteiger partial charge in [0.25, 0.3) is 0 Å². The summed E-state index contributed by atoms with van der Waals surface area (Å²) in [6.45, 7) is 0.